The number of nitrogens with zero attached hydrogens (tertiary/aromatic N) is 5. The van der Waals surface area contributed by atoms with Crippen LogP contribution < -0.4 is 4.74 Å². The van der Waals surface area contributed by atoms with Crippen molar-refractivity contribution in [2.24, 2.45) is 0 Å². The molecule has 8 nitrogen and oxygen atoms in total. The van der Waals surface area contributed by atoms with E-state index in [9.17, 15) is 9.18 Å². The molecule has 2 fully saturated rings. The zero-order chi connectivity index (χ0) is 25.3. The summed E-state index contributed by atoms with van der Waals surface area (Å²) in [6, 6.07) is 4.75. The molecule has 3 unspecified atom stereocenters. The summed E-state index contributed by atoms with van der Waals surface area (Å²) in [7, 11) is 3.87. The summed E-state index contributed by atoms with van der Waals surface area (Å²) in [6.45, 7) is 4.48. The minimum absolute atomic E-state index is 0.107. The van der Waals surface area contributed by atoms with Gasteiger partial charge in [0.25, 0.3) is 5.91 Å². The van der Waals surface area contributed by atoms with Gasteiger partial charge in [-0.1, -0.05) is 11.6 Å². The number of methoxy groups -OCH3 is 1. The van der Waals surface area contributed by atoms with E-state index in [4.69, 9.17) is 21.1 Å². The topological polar surface area (TPSA) is 72.2 Å². The lowest BCUT2D eigenvalue weighted by Gasteiger charge is -2.37. The minimum Gasteiger partial charge on any atom is -0.489 e. The van der Waals surface area contributed by atoms with Crippen LogP contribution in [-0.4, -0.2) is 68.8 Å². The van der Waals surface area contributed by atoms with Crippen molar-refractivity contribution in [1.29, 1.82) is 0 Å². The first-order chi connectivity index (χ1) is 17.2. The molecule has 3 aliphatic heterocycles. The molecule has 10 heteroatoms. The maximum Gasteiger partial charge on any atom is 0.258 e. The molecule has 0 aliphatic carbocycles. The van der Waals surface area contributed by atoms with Gasteiger partial charge in [0.15, 0.2) is 5.65 Å². The first-order valence-corrected chi connectivity index (χ1v) is 12.7. The van der Waals surface area contributed by atoms with Gasteiger partial charge in [0.05, 0.1) is 46.9 Å². The summed E-state index contributed by atoms with van der Waals surface area (Å²) in [5.41, 5.74) is 4.33. The molecule has 0 saturated carbocycles. The maximum atomic E-state index is 14.3. The lowest BCUT2D eigenvalue weighted by atomic mass is 10.00. The highest BCUT2D eigenvalue weighted by Crippen LogP contribution is 2.38. The van der Waals surface area contributed by atoms with Gasteiger partial charge < -0.3 is 14.4 Å². The van der Waals surface area contributed by atoms with Crippen molar-refractivity contribution in [2.45, 2.75) is 70.5 Å². The number of amides is 1. The van der Waals surface area contributed by atoms with Crippen LogP contribution in [0.5, 0.6) is 5.75 Å². The van der Waals surface area contributed by atoms with Gasteiger partial charge in [0, 0.05) is 37.2 Å². The molecule has 5 heterocycles. The molecule has 190 valence electrons. The van der Waals surface area contributed by atoms with Crippen LogP contribution in [0.15, 0.2) is 18.2 Å². The van der Waals surface area contributed by atoms with Crippen molar-refractivity contribution < 1.29 is 18.7 Å². The third kappa shape index (κ3) is 3.67. The number of carbonyl (C=O) groups excluding carboxylic acids is 1. The highest BCUT2D eigenvalue weighted by Gasteiger charge is 2.46. The van der Waals surface area contributed by atoms with E-state index in [-0.39, 0.29) is 24.2 Å². The Labute approximate surface area is 213 Å². The Morgan fingerprint density at radius 2 is 2.00 bits per heavy atom. The molecule has 0 N–H and O–H groups in total. The number of fused-ring (bicyclic) bond motifs is 5. The number of aryl methyl sites for hydroxylation is 2. The molecule has 4 atom stereocenters. The van der Waals surface area contributed by atoms with Crippen molar-refractivity contribution >= 4 is 23.2 Å². The fourth-order valence-corrected chi connectivity index (χ4v) is 6.22. The number of rotatable bonds is 4. The number of ether oxygens (including phenoxy) is 2. The van der Waals surface area contributed by atoms with Crippen LogP contribution in [0.25, 0.3) is 5.65 Å². The molecule has 2 aromatic heterocycles. The third-order valence-corrected chi connectivity index (χ3v) is 8.63. The molecular formula is C26H29ClFN5O3. The molecule has 6 rings (SSSR count). The van der Waals surface area contributed by atoms with Crippen LogP contribution in [0.1, 0.15) is 52.3 Å². The van der Waals surface area contributed by atoms with Crippen molar-refractivity contribution in [3.63, 3.8) is 0 Å². The lowest BCUT2D eigenvalue weighted by Crippen LogP contribution is -2.46. The van der Waals surface area contributed by atoms with Crippen LogP contribution in [0, 0.1) is 19.7 Å². The smallest absolute Gasteiger partial charge is 0.258 e. The van der Waals surface area contributed by atoms with Gasteiger partial charge in [-0.25, -0.2) is 13.9 Å². The highest BCUT2D eigenvalue weighted by molar-refractivity contribution is 6.31. The predicted octanol–water partition coefficient (Wildman–Crippen LogP) is 3.92. The van der Waals surface area contributed by atoms with Gasteiger partial charge in [-0.15, -0.1) is 0 Å². The van der Waals surface area contributed by atoms with E-state index in [2.05, 4.69) is 22.0 Å². The van der Waals surface area contributed by atoms with E-state index in [0.717, 1.165) is 41.9 Å². The van der Waals surface area contributed by atoms with Crippen molar-refractivity contribution in [2.75, 3.05) is 14.2 Å². The molecule has 3 aromatic rings. The number of carbonyl (C=O) groups is 1. The molecule has 2 bridgehead atoms. The molecule has 1 aromatic carbocycles. The predicted molar refractivity (Wildman–Crippen MR) is 132 cm³/mol. The highest BCUT2D eigenvalue weighted by atomic mass is 35.5. The summed E-state index contributed by atoms with van der Waals surface area (Å²) in [5, 5.41) is 5.25. The number of likely N-dealkylation sites (N-methyl/N-ethyl adjacent to an activating group) is 1. The van der Waals surface area contributed by atoms with Gasteiger partial charge in [-0.2, -0.15) is 5.10 Å². The molecule has 3 aliphatic rings. The Morgan fingerprint density at radius 1 is 1.19 bits per heavy atom. The fourth-order valence-electron chi connectivity index (χ4n) is 6.10. The summed E-state index contributed by atoms with van der Waals surface area (Å²) < 4.78 is 28.0. The Bertz CT molecular complexity index is 1380. The average Bonchev–Trinajstić information content (AvgIpc) is 3.45. The molecule has 0 spiro atoms. The van der Waals surface area contributed by atoms with E-state index in [1.165, 1.54) is 18.2 Å². The van der Waals surface area contributed by atoms with Crippen LogP contribution in [-0.2, 0) is 17.8 Å². The standard InChI is InChI=1S/C26H29ClFN5O3/c1-13-24(27)14(2)33-25(29-13)19-11-32(12-20(19)30-33)26(34)18-6-5-15(28)7-22(18)36-17-8-16-9-23(35-4)21(10-17)31(16)3/h5-7,16-17,21,23H,8-12H2,1-4H3/t16?,17-,21?,23?/m0/s1. The minimum atomic E-state index is -0.429. The Morgan fingerprint density at radius 3 is 2.78 bits per heavy atom. The zero-order valence-electron chi connectivity index (χ0n) is 20.8. The fraction of sp³-hybridized carbons (Fsp3) is 0.500. The zero-order valence-corrected chi connectivity index (χ0v) is 21.5. The summed E-state index contributed by atoms with van der Waals surface area (Å²) in [6.07, 6.45) is 2.61. The van der Waals surface area contributed by atoms with E-state index in [1.807, 2.05) is 13.8 Å². The number of benzene rings is 1. The van der Waals surface area contributed by atoms with E-state index in [1.54, 1.807) is 16.5 Å². The van der Waals surface area contributed by atoms with Crippen molar-refractivity contribution in [1.82, 2.24) is 24.4 Å². The van der Waals surface area contributed by atoms with Crippen LogP contribution >= 0.6 is 11.6 Å². The van der Waals surface area contributed by atoms with E-state index >= 15 is 0 Å². The monoisotopic (exact) mass is 513 g/mol. The average molecular weight is 514 g/mol. The van der Waals surface area contributed by atoms with Gasteiger partial charge in [0.2, 0.25) is 0 Å². The van der Waals surface area contributed by atoms with Gasteiger partial charge >= 0.3 is 0 Å². The Hall–Kier alpha value is -2.75. The number of piperidine rings is 1. The van der Waals surface area contributed by atoms with Gasteiger partial charge in [-0.05, 0) is 45.9 Å². The summed E-state index contributed by atoms with van der Waals surface area (Å²) >= 11 is 6.35. The largest absolute Gasteiger partial charge is 0.489 e. The Kier molecular flexibility index (Phi) is 5.70. The summed E-state index contributed by atoms with van der Waals surface area (Å²) in [5.74, 6) is -0.353. The molecule has 2 saturated heterocycles. The summed E-state index contributed by atoms with van der Waals surface area (Å²) in [4.78, 5) is 22.3. The molecule has 1 amide bonds. The van der Waals surface area contributed by atoms with Crippen LogP contribution in [0.4, 0.5) is 4.39 Å². The lowest BCUT2D eigenvalue weighted by molar-refractivity contribution is 0.0235. The number of hydrogen-bond acceptors (Lipinski definition) is 6. The van der Waals surface area contributed by atoms with Crippen LogP contribution in [0.2, 0.25) is 5.02 Å². The Balaban J connectivity index is 1.25. The molecule has 0 radical (unpaired) electrons. The van der Waals surface area contributed by atoms with Crippen molar-refractivity contribution in [3.8, 4) is 5.75 Å². The van der Waals surface area contributed by atoms with Crippen LogP contribution in [0.3, 0.4) is 0 Å². The van der Waals surface area contributed by atoms with E-state index < -0.39 is 5.82 Å². The van der Waals surface area contributed by atoms with Gasteiger partial charge in [0.1, 0.15) is 17.7 Å². The van der Waals surface area contributed by atoms with Crippen molar-refractivity contribution in [3.05, 3.63) is 57.2 Å². The van der Waals surface area contributed by atoms with Gasteiger partial charge in [-0.3, -0.25) is 9.69 Å². The normalized spacial score (nSPS) is 25.6. The second-order valence-electron chi connectivity index (χ2n) is 10.2. The number of aromatic nitrogens is 3. The maximum absolute atomic E-state index is 14.3. The first kappa shape index (κ1) is 23.6. The third-order valence-electron chi connectivity index (χ3n) is 8.09. The number of hydrogen-bond donors (Lipinski definition) is 0. The second kappa shape index (κ2) is 8.68. The molecule has 36 heavy (non-hydrogen) atoms. The number of halogens is 2. The SMILES string of the molecule is COC1CC2C[C@H](Oc3cc(F)ccc3C(=O)N3Cc4nn5c(C)c(Cl)c(C)nc5c4C3)CC1N2C. The molecular weight excluding hydrogens is 485 g/mol. The quantitative estimate of drug-likeness (QED) is 0.526. The first-order valence-electron chi connectivity index (χ1n) is 12.3. The van der Waals surface area contributed by atoms with E-state index in [0.29, 0.717) is 41.1 Å². The second-order valence-corrected chi connectivity index (χ2v) is 10.5.